The summed E-state index contributed by atoms with van der Waals surface area (Å²) < 4.78 is 13.1. The number of halogens is 2. The van der Waals surface area contributed by atoms with Crippen LogP contribution in [0.3, 0.4) is 0 Å². The molecule has 0 aliphatic heterocycles. The highest BCUT2D eigenvalue weighted by molar-refractivity contribution is 6.31. The third kappa shape index (κ3) is 3.80. The van der Waals surface area contributed by atoms with E-state index in [1.54, 1.807) is 18.2 Å². The SMILES string of the molecule is CN(Cc1cccc(F)c1)Cc1ccc(C#N)cc1Cl. The minimum atomic E-state index is -0.229. The van der Waals surface area contributed by atoms with Gasteiger partial charge < -0.3 is 0 Å². The Morgan fingerprint density at radius 1 is 1.20 bits per heavy atom. The van der Waals surface area contributed by atoms with E-state index in [9.17, 15) is 4.39 Å². The van der Waals surface area contributed by atoms with Crippen molar-refractivity contribution >= 4 is 11.6 Å². The lowest BCUT2D eigenvalue weighted by Gasteiger charge is -2.17. The van der Waals surface area contributed by atoms with Crippen LogP contribution in [0.25, 0.3) is 0 Å². The lowest BCUT2D eigenvalue weighted by molar-refractivity contribution is 0.318. The minimum absolute atomic E-state index is 0.229. The van der Waals surface area contributed by atoms with E-state index in [0.717, 1.165) is 11.1 Å². The fraction of sp³-hybridized carbons (Fsp3) is 0.188. The fourth-order valence-corrected chi connectivity index (χ4v) is 2.28. The van der Waals surface area contributed by atoms with Crippen molar-refractivity contribution in [3.63, 3.8) is 0 Å². The second kappa shape index (κ2) is 6.51. The molecular weight excluding hydrogens is 275 g/mol. The lowest BCUT2D eigenvalue weighted by Crippen LogP contribution is -2.17. The van der Waals surface area contributed by atoms with Gasteiger partial charge in [-0.05, 0) is 42.4 Å². The summed E-state index contributed by atoms with van der Waals surface area (Å²) in [6, 6.07) is 13.9. The molecule has 2 nitrogen and oxygen atoms in total. The van der Waals surface area contributed by atoms with E-state index in [0.29, 0.717) is 23.7 Å². The summed E-state index contributed by atoms with van der Waals surface area (Å²) in [7, 11) is 1.94. The predicted octanol–water partition coefficient (Wildman–Crippen LogP) is 3.98. The molecule has 0 bridgehead atoms. The van der Waals surface area contributed by atoms with Gasteiger partial charge in [0.25, 0.3) is 0 Å². The van der Waals surface area contributed by atoms with Crippen LogP contribution in [0, 0.1) is 17.1 Å². The zero-order chi connectivity index (χ0) is 14.5. The molecule has 0 spiro atoms. The van der Waals surface area contributed by atoms with E-state index in [1.165, 1.54) is 12.1 Å². The molecule has 4 heteroatoms. The molecule has 2 aromatic rings. The number of nitriles is 1. The summed E-state index contributed by atoms with van der Waals surface area (Å²) in [6.45, 7) is 1.27. The molecule has 2 rings (SSSR count). The highest BCUT2D eigenvalue weighted by Crippen LogP contribution is 2.19. The molecule has 0 amide bonds. The highest BCUT2D eigenvalue weighted by Gasteiger charge is 2.07. The molecule has 102 valence electrons. The van der Waals surface area contributed by atoms with Gasteiger partial charge in [-0.3, -0.25) is 4.90 Å². The Hall–Kier alpha value is -1.89. The first-order chi connectivity index (χ1) is 9.58. The Morgan fingerprint density at radius 3 is 2.65 bits per heavy atom. The molecule has 2 aromatic carbocycles. The summed E-state index contributed by atoms with van der Waals surface area (Å²) in [4.78, 5) is 2.04. The summed E-state index contributed by atoms with van der Waals surface area (Å²) in [5.74, 6) is -0.229. The maximum atomic E-state index is 13.1. The molecule has 0 atom stereocenters. The van der Waals surface area contributed by atoms with E-state index in [1.807, 2.05) is 24.1 Å². The molecule has 0 saturated heterocycles. The average molecular weight is 289 g/mol. The average Bonchev–Trinajstić information content (AvgIpc) is 2.41. The predicted molar refractivity (Wildman–Crippen MR) is 77.7 cm³/mol. The zero-order valence-electron chi connectivity index (χ0n) is 11.1. The van der Waals surface area contributed by atoms with Crippen LogP contribution in [0.1, 0.15) is 16.7 Å². The van der Waals surface area contributed by atoms with Crippen molar-refractivity contribution in [2.75, 3.05) is 7.05 Å². The van der Waals surface area contributed by atoms with Crippen LogP contribution in [0.15, 0.2) is 42.5 Å². The van der Waals surface area contributed by atoms with Gasteiger partial charge >= 0.3 is 0 Å². The zero-order valence-corrected chi connectivity index (χ0v) is 11.9. The van der Waals surface area contributed by atoms with E-state index in [4.69, 9.17) is 16.9 Å². The van der Waals surface area contributed by atoms with E-state index < -0.39 is 0 Å². The molecule has 0 unspecified atom stereocenters. The third-order valence-corrected chi connectivity index (χ3v) is 3.32. The van der Waals surface area contributed by atoms with Gasteiger partial charge in [0, 0.05) is 18.1 Å². The van der Waals surface area contributed by atoms with Crippen LogP contribution in [0.4, 0.5) is 4.39 Å². The van der Waals surface area contributed by atoms with Crippen LogP contribution < -0.4 is 0 Å². The van der Waals surface area contributed by atoms with Crippen molar-refractivity contribution in [3.05, 3.63) is 70.0 Å². The van der Waals surface area contributed by atoms with Crippen LogP contribution in [-0.4, -0.2) is 11.9 Å². The van der Waals surface area contributed by atoms with Crippen molar-refractivity contribution in [1.82, 2.24) is 4.90 Å². The molecule has 0 heterocycles. The van der Waals surface area contributed by atoms with Crippen molar-refractivity contribution in [3.8, 4) is 6.07 Å². The Balaban J connectivity index is 2.05. The van der Waals surface area contributed by atoms with Gasteiger partial charge in [-0.25, -0.2) is 4.39 Å². The van der Waals surface area contributed by atoms with Crippen molar-refractivity contribution in [2.24, 2.45) is 0 Å². The monoisotopic (exact) mass is 288 g/mol. The second-order valence-electron chi connectivity index (χ2n) is 4.72. The molecule has 0 aliphatic rings. The smallest absolute Gasteiger partial charge is 0.123 e. The standard InChI is InChI=1S/C16H14ClFN2/c1-20(10-13-3-2-4-15(18)7-13)11-14-6-5-12(9-19)8-16(14)17/h2-8H,10-11H2,1H3. The first kappa shape index (κ1) is 14.5. The van der Waals surface area contributed by atoms with Crippen molar-refractivity contribution in [1.29, 1.82) is 5.26 Å². The van der Waals surface area contributed by atoms with Gasteiger partial charge in [-0.15, -0.1) is 0 Å². The van der Waals surface area contributed by atoms with Gasteiger partial charge in [0.2, 0.25) is 0 Å². The maximum absolute atomic E-state index is 13.1. The van der Waals surface area contributed by atoms with Crippen molar-refractivity contribution in [2.45, 2.75) is 13.1 Å². The first-order valence-electron chi connectivity index (χ1n) is 6.20. The summed E-state index contributed by atoms with van der Waals surface area (Å²) in [5, 5.41) is 9.38. The molecular formula is C16H14ClFN2. The number of hydrogen-bond acceptors (Lipinski definition) is 2. The van der Waals surface area contributed by atoms with Crippen LogP contribution in [-0.2, 0) is 13.1 Å². The molecule has 0 radical (unpaired) electrons. The van der Waals surface area contributed by atoms with Crippen LogP contribution >= 0.6 is 11.6 Å². The molecule has 0 aliphatic carbocycles. The fourth-order valence-electron chi connectivity index (χ4n) is 2.04. The van der Waals surface area contributed by atoms with Gasteiger partial charge in [0.05, 0.1) is 11.6 Å². The Bertz CT molecular complexity index is 649. The van der Waals surface area contributed by atoms with Gasteiger partial charge in [-0.2, -0.15) is 5.26 Å². The summed E-state index contributed by atoms with van der Waals surface area (Å²) in [6.07, 6.45) is 0. The van der Waals surface area contributed by atoms with Crippen LogP contribution in [0.2, 0.25) is 5.02 Å². The summed E-state index contributed by atoms with van der Waals surface area (Å²) >= 11 is 6.14. The normalized spacial score (nSPS) is 10.6. The number of nitrogens with zero attached hydrogens (tertiary/aromatic N) is 2. The molecule has 0 fully saturated rings. The third-order valence-electron chi connectivity index (χ3n) is 2.96. The first-order valence-corrected chi connectivity index (χ1v) is 6.58. The van der Waals surface area contributed by atoms with Crippen LogP contribution in [0.5, 0.6) is 0 Å². The minimum Gasteiger partial charge on any atom is -0.298 e. The molecule has 0 aromatic heterocycles. The number of rotatable bonds is 4. The van der Waals surface area contributed by atoms with E-state index >= 15 is 0 Å². The Kier molecular flexibility index (Phi) is 4.73. The second-order valence-corrected chi connectivity index (χ2v) is 5.13. The van der Waals surface area contributed by atoms with Gasteiger partial charge in [-0.1, -0.05) is 29.8 Å². The lowest BCUT2D eigenvalue weighted by atomic mass is 10.1. The van der Waals surface area contributed by atoms with Gasteiger partial charge in [0.1, 0.15) is 5.82 Å². The van der Waals surface area contributed by atoms with E-state index in [2.05, 4.69) is 6.07 Å². The molecule has 0 N–H and O–H groups in total. The largest absolute Gasteiger partial charge is 0.298 e. The van der Waals surface area contributed by atoms with E-state index in [-0.39, 0.29) is 5.82 Å². The quantitative estimate of drug-likeness (QED) is 0.851. The molecule has 20 heavy (non-hydrogen) atoms. The number of hydrogen-bond donors (Lipinski definition) is 0. The van der Waals surface area contributed by atoms with Crippen molar-refractivity contribution < 1.29 is 4.39 Å². The summed E-state index contributed by atoms with van der Waals surface area (Å²) in [5.41, 5.74) is 2.41. The Morgan fingerprint density at radius 2 is 2.00 bits per heavy atom. The number of benzene rings is 2. The Labute approximate surface area is 123 Å². The highest BCUT2D eigenvalue weighted by atomic mass is 35.5. The topological polar surface area (TPSA) is 27.0 Å². The maximum Gasteiger partial charge on any atom is 0.123 e. The molecule has 0 saturated carbocycles. The van der Waals surface area contributed by atoms with Gasteiger partial charge in [0.15, 0.2) is 0 Å².